The van der Waals surface area contributed by atoms with Crippen LogP contribution in [0.15, 0.2) is 72.1 Å². The molecule has 5 heteroatoms. The number of thiophene rings is 1. The number of amides is 2. The first-order valence-corrected chi connectivity index (χ1v) is 10.6. The number of benzene rings is 2. The summed E-state index contributed by atoms with van der Waals surface area (Å²) in [5.41, 5.74) is 2.72. The van der Waals surface area contributed by atoms with Gasteiger partial charge in [-0.25, -0.2) is 0 Å². The van der Waals surface area contributed by atoms with E-state index in [-0.39, 0.29) is 18.2 Å². The Hall–Kier alpha value is -2.92. The molecule has 150 valence electrons. The summed E-state index contributed by atoms with van der Waals surface area (Å²) in [5, 5.41) is 4.92. The first-order chi connectivity index (χ1) is 14.0. The maximum absolute atomic E-state index is 13.2. The van der Waals surface area contributed by atoms with Crippen LogP contribution in [0.2, 0.25) is 0 Å². The third-order valence-electron chi connectivity index (χ3n) is 4.89. The lowest BCUT2D eigenvalue weighted by molar-refractivity contribution is -0.136. The fourth-order valence-electron chi connectivity index (χ4n) is 3.18. The van der Waals surface area contributed by atoms with E-state index in [1.54, 1.807) is 18.4 Å². The van der Waals surface area contributed by atoms with Gasteiger partial charge in [0, 0.05) is 17.6 Å². The molecule has 3 rings (SSSR count). The summed E-state index contributed by atoms with van der Waals surface area (Å²) in [4.78, 5) is 28.6. The van der Waals surface area contributed by atoms with Crippen LogP contribution < -0.4 is 5.32 Å². The van der Waals surface area contributed by atoms with Crippen molar-refractivity contribution in [3.05, 3.63) is 88.1 Å². The molecule has 0 saturated heterocycles. The van der Waals surface area contributed by atoms with E-state index < -0.39 is 6.04 Å². The fourth-order valence-corrected chi connectivity index (χ4v) is 3.87. The summed E-state index contributed by atoms with van der Waals surface area (Å²) in [6, 6.07) is 20.4. The molecule has 3 aromatic rings. The van der Waals surface area contributed by atoms with Crippen LogP contribution in [0, 0.1) is 0 Å². The van der Waals surface area contributed by atoms with Crippen molar-refractivity contribution in [1.29, 1.82) is 0 Å². The van der Waals surface area contributed by atoms with Crippen LogP contribution >= 0.6 is 11.3 Å². The summed E-state index contributed by atoms with van der Waals surface area (Å²) >= 11 is 1.54. The number of nitrogens with one attached hydrogen (secondary N) is 1. The average molecular weight is 407 g/mol. The van der Waals surface area contributed by atoms with Crippen molar-refractivity contribution in [2.75, 3.05) is 12.4 Å². The minimum atomic E-state index is -0.701. The Balaban J connectivity index is 1.81. The van der Waals surface area contributed by atoms with E-state index in [4.69, 9.17) is 0 Å². The summed E-state index contributed by atoms with van der Waals surface area (Å²) in [6.07, 6.45) is 0.286. The monoisotopic (exact) mass is 406 g/mol. The minimum Gasteiger partial charge on any atom is -0.329 e. The number of carbonyl (C=O) groups excluding carboxylic acids is 2. The number of hydrogen-bond donors (Lipinski definition) is 1. The zero-order valence-electron chi connectivity index (χ0n) is 17.0. The van der Waals surface area contributed by atoms with E-state index in [2.05, 4.69) is 19.2 Å². The van der Waals surface area contributed by atoms with Crippen LogP contribution in [0.25, 0.3) is 0 Å². The Bertz CT molecular complexity index is 935. The van der Waals surface area contributed by atoms with Crippen molar-refractivity contribution in [2.45, 2.75) is 32.2 Å². The Labute approximate surface area is 176 Å². The van der Waals surface area contributed by atoms with Crippen LogP contribution in [0.1, 0.15) is 41.8 Å². The smallest absolute Gasteiger partial charge is 0.251 e. The lowest BCUT2D eigenvalue weighted by atomic mass is 10.0. The molecule has 4 nitrogen and oxygen atoms in total. The molecule has 0 bridgehead atoms. The molecule has 0 aliphatic rings. The van der Waals surface area contributed by atoms with Crippen molar-refractivity contribution in [3.8, 4) is 0 Å². The van der Waals surface area contributed by atoms with Gasteiger partial charge >= 0.3 is 0 Å². The average Bonchev–Trinajstić information content (AvgIpc) is 3.22. The molecule has 1 aromatic heterocycles. The SMILES string of the molecule is CC(C)c1ccc(NC(=O)[C@H](c2ccccc2)N(C)C(=O)Cc2cccs2)cc1. The van der Waals surface area contributed by atoms with Gasteiger partial charge in [0.1, 0.15) is 6.04 Å². The Morgan fingerprint density at radius 1 is 0.931 bits per heavy atom. The van der Waals surface area contributed by atoms with Crippen LogP contribution in [-0.4, -0.2) is 23.8 Å². The molecule has 2 aromatic carbocycles. The van der Waals surface area contributed by atoms with Gasteiger partial charge in [0.25, 0.3) is 5.91 Å². The highest BCUT2D eigenvalue weighted by Gasteiger charge is 2.28. The van der Waals surface area contributed by atoms with E-state index >= 15 is 0 Å². The molecule has 0 spiro atoms. The highest BCUT2D eigenvalue weighted by atomic mass is 32.1. The number of anilines is 1. The fraction of sp³-hybridized carbons (Fsp3) is 0.250. The zero-order valence-corrected chi connectivity index (χ0v) is 17.8. The van der Waals surface area contributed by atoms with Gasteiger partial charge in [-0.05, 0) is 40.6 Å². The van der Waals surface area contributed by atoms with Crippen molar-refractivity contribution < 1.29 is 9.59 Å². The van der Waals surface area contributed by atoms with E-state index in [0.717, 1.165) is 16.1 Å². The topological polar surface area (TPSA) is 49.4 Å². The summed E-state index contributed by atoms with van der Waals surface area (Å²) in [5.74, 6) is 0.111. The maximum atomic E-state index is 13.2. The standard InChI is InChI=1S/C24H26N2O2S/c1-17(2)18-11-13-20(14-12-18)25-24(28)23(19-8-5-4-6-9-19)26(3)22(27)16-21-10-7-15-29-21/h4-15,17,23H,16H2,1-3H3,(H,25,28)/t23-/m0/s1. The molecular weight excluding hydrogens is 380 g/mol. The van der Waals surface area contributed by atoms with E-state index in [1.165, 1.54) is 10.5 Å². The van der Waals surface area contributed by atoms with E-state index in [0.29, 0.717) is 5.92 Å². The van der Waals surface area contributed by atoms with Crippen molar-refractivity contribution in [3.63, 3.8) is 0 Å². The molecule has 1 heterocycles. The molecule has 1 N–H and O–H groups in total. The number of nitrogens with zero attached hydrogens (tertiary/aromatic N) is 1. The molecule has 0 unspecified atom stereocenters. The minimum absolute atomic E-state index is 0.0911. The third-order valence-corrected chi connectivity index (χ3v) is 5.77. The molecule has 0 saturated carbocycles. The van der Waals surface area contributed by atoms with Crippen molar-refractivity contribution >= 4 is 28.8 Å². The van der Waals surface area contributed by atoms with Crippen molar-refractivity contribution in [1.82, 2.24) is 4.90 Å². The lowest BCUT2D eigenvalue weighted by Crippen LogP contribution is -2.39. The van der Waals surface area contributed by atoms with Gasteiger partial charge in [-0.1, -0.05) is 62.4 Å². The first kappa shape index (κ1) is 20.8. The summed E-state index contributed by atoms with van der Waals surface area (Å²) in [6.45, 7) is 4.26. The van der Waals surface area contributed by atoms with Gasteiger partial charge in [-0.3, -0.25) is 9.59 Å². The molecule has 0 radical (unpaired) electrons. The Morgan fingerprint density at radius 3 is 2.21 bits per heavy atom. The van der Waals surface area contributed by atoms with Gasteiger partial charge in [-0.15, -0.1) is 11.3 Å². The normalized spacial score (nSPS) is 11.9. The lowest BCUT2D eigenvalue weighted by Gasteiger charge is -2.28. The number of likely N-dealkylation sites (N-methyl/N-ethyl adjacent to an activating group) is 1. The van der Waals surface area contributed by atoms with Crippen LogP contribution in [-0.2, 0) is 16.0 Å². The Morgan fingerprint density at radius 2 is 1.62 bits per heavy atom. The largest absolute Gasteiger partial charge is 0.329 e. The first-order valence-electron chi connectivity index (χ1n) is 9.69. The molecule has 2 amide bonds. The number of hydrogen-bond acceptors (Lipinski definition) is 3. The molecule has 0 fully saturated rings. The zero-order chi connectivity index (χ0) is 20.8. The highest BCUT2D eigenvalue weighted by Crippen LogP contribution is 2.24. The van der Waals surface area contributed by atoms with Crippen molar-refractivity contribution in [2.24, 2.45) is 0 Å². The Kier molecular flexibility index (Phi) is 6.83. The summed E-state index contributed by atoms with van der Waals surface area (Å²) in [7, 11) is 1.69. The van der Waals surface area contributed by atoms with Gasteiger partial charge in [-0.2, -0.15) is 0 Å². The van der Waals surface area contributed by atoms with E-state index in [1.807, 2.05) is 72.1 Å². The van der Waals surface area contributed by atoms with Gasteiger partial charge < -0.3 is 10.2 Å². The maximum Gasteiger partial charge on any atom is 0.251 e. The molecule has 29 heavy (non-hydrogen) atoms. The molecule has 1 atom stereocenters. The molecular formula is C24H26N2O2S. The second-order valence-corrected chi connectivity index (χ2v) is 8.37. The number of rotatable bonds is 7. The van der Waals surface area contributed by atoms with Crippen LogP contribution in [0.3, 0.4) is 0 Å². The second kappa shape index (κ2) is 9.52. The van der Waals surface area contributed by atoms with E-state index in [9.17, 15) is 9.59 Å². The van der Waals surface area contributed by atoms with Gasteiger partial charge in [0.15, 0.2) is 0 Å². The predicted molar refractivity (Wildman–Crippen MR) is 119 cm³/mol. The van der Waals surface area contributed by atoms with Gasteiger partial charge in [0.2, 0.25) is 5.91 Å². The second-order valence-electron chi connectivity index (χ2n) is 7.34. The van der Waals surface area contributed by atoms with Gasteiger partial charge in [0.05, 0.1) is 6.42 Å². The molecule has 0 aliphatic heterocycles. The quantitative estimate of drug-likeness (QED) is 0.582. The third kappa shape index (κ3) is 5.33. The predicted octanol–water partition coefficient (Wildman–Crippen LogP) is 5.25. The molecule has 0 aliphatic carbocycles. The van der Waals surface area contributed by atoms with Crippen LogP contribution in [0.4, 0.5) is 5.69 Å². The summed E-state index contributed by atoms with van der Waals surface area (Å²) < 4.78 is 0. The number of carbonyl (C=O) groups is 2. The van der Waals surface area contributed by atoms with Crippen LogP contribution in [0.5, 0.6) is 0 Å². The highest BCUT2D eigenvalue weighted by molar-refractivity contribution is 7.10.